The number of hydrogen-bond donors (Lipinski definition) is 0. The van der Waals surface area contributed by atoms with Crippen molar-refractivity contribution in [2.45, 2.75) is 13.8 Å². The van der Waals surface area contributed by atoms with Crippen LogP contribution in [-0.4, -0.2) is 21.0 Å². The van der Waals surface area contributed by atoms with Crippen LogP contribution >= 0.6 is 0 Å². The number of nitrogens with zero attached hydrogens (tertiary/aromatic N) is 3. The van der Waals surface area contributed by atoms with Crippen LogP contribution in [0, 0.1) is 24.0 Å². The summed E-state index contributed by atoms with van der Waals surface area (Å²) in [6, 6.07) is 6.30. The van der Waals surface area contributed by atoms with Crippen molar-refractivity contribution in [2.24, 2.45) is 0 Å². The van der Waals surface area contributed by atoms with Gasteiger partial charge in [-0.3, -0.25) is 14.9 Å². The van der Waals surface area contributed by atoms with Crippen molar-refractivity contribution in [1.82, 2.24) is 9.78 Å². The predicted molar refractivity (Wildman–Crippen MR) is 65.1 cm³/mol. The van der Waals surface area contributed by atoms with Gasteiger partial charge in [-0.1, -0.05) is 12.1 Å². The van der Waals surface area contributed by atoms with Crippen molar-refractivity contribution in [2.75, 3.05) is 0 Å². The molecule has 1 aromatic carbocycles. The summed E-state index contributed by atoms with van der Waals surface area (Å²) < 4.78 is 1.43. The molecule has 0 fully saturated rings. The highest BCUT2D eigenvalue weighted by Gasteiger charge is 2.19. The Morgan fingerprint density at radius 2 is 2.00 bits per heavy atom. The van der Waals surface area contributed by atoms with Gasteiger partial charge >= 0.3 is 0 Å². The zero-order valence-corrected chi connectivity index (χ0v) is 9.95. The molecule has 6 heteroatoms. The maximum absolute atomic E-state index is 11.0. The average Bonchev–Trinajstić information content (AvgIpc) is 2.64. The minimum Gasteiger partial charge on any atom is -0.298 e. The van der Waals surface area contributed by atoms with Gasteiger partial charge < -0.3 is 0 Å². The lowest BCUT2D eigenvalue weighted by molar-refractivity contribution is -0.384. The van der Waals surface area contributed by atoms with Crippen molar-refractivity contribution < 1.29 is 9.72 Å². The molecule has 18 heavy (non-hydrogen) atoms. The largest absolute Gasteiger partial charge is 0.298 e. The highest BCUT2D eigenvalue weighted by molar-refractivity contribution is 5.78. The van der Waals surface area contributed by atoms with E-state index < -0.39 is 4.92 Å². The fraction of sp³-hybridized carbons (Fsp3) is 0.167. The Balaban J connectivity index is 2.70. The van der Waals surface area contributed by atoms with E-state index >= 15 is 0 Å². The molecule has 1 heterocycles. The molecular formula is C12H11N3O3. The van der Waals surface area contributed by atoms with Crippen LogP contribution in [-0.2, 0) is 0 Å². The second-order valence-electron chi connectivity index (χ2n) is 3.86. The number of nitro groups is 1. The molecule has 2 rings (SSSR count). The summed E-state index contributed by atoms with van der Waals surface area (Å²) >= 11 is 0. The van der Waals surface area contributed by atoms with E-state index in [0.717, 1.165) is 0 Å². The number of para-hydroxylation sites is 2. The van der Waals surface area contributed by atoms with Crippen molar-refractivity contribution in [1.29, 1.82) is 0 Å². The van der Waals surface area contributed by atoms with Gasteiger partial charge in [-0.25, -0.2) is 4.68 Å². The van der Waals surface area contributed by atoms with Crippen LogP contribution < -0.4 is 0 Å². The highest BCUT2D eigenvalue weighted by Crippen LogP contribution is 2.24. The lowest BCUT2D eigenvalue weighted by atomic mass is 10.2. The van der Waals surface area contributed by atoms with Gasteiger partial charge in [0.15, 0.2) is 6.29 Å². The van der Waals surface area contributed by atoms with Crippen LogP contribution in [0.5, 0.6) is 0 Å². The first kappa shape index (κ1) is 12.0. The lowest BCUT2D eigenvalue weighted by Gasteiger charge is -2.04. The fourth-order valence-corrected chi connectivity index (χ4v) is 1.86. The topological polar surface area (TPSA) is 78.0 Å². The number of aromatic nitrogens is 2. The molecule has 0 bridgehead atoms. The smallest absolute Gasteiger partial charge is 0.294 e. The average molecular weight is 245 g/mol. The third kappa shape index (κ3) is 1.77. The third-order valence-corrected chi connectivity index (χ3v) is 2.77. The first-order chi connectivity index (χ1) is 8.56. The lowest BCUT2D eigenvalue weighted by Crippen LogP contribution is -2.03. The molecule has 0 amide bonds. The molecule has 0 aliphatic carbocycles. The van der Waals surface area contributed by atoms with Gasteiger partial charge in [0.25, 0.3) is 5.69 Å². The van der Waals surface area contributed by atoms with E-state index in [-0.39, 0.29) is 5.69 Å². The second-order valence-corrected chi connectivity index (χ2v) is 3.86. The maximum atomic E-state index is 11.0. The Labute approximate surface area is 103 Å². The van der Waals surface area contributed by atoms with Gasteiger partial charge in [0.1, 0.15) is 5.69 Å². The predicted octanol–water partition coefficient (Wildman–Crippen LogP) is 2.21. The van der Waals surface area contributed by atoms with Gasteiger partial charge in [-0.2, -0.15) is 5.10 Å². The van der Waals surface area contributed by atoms with Crippen LogP contribution in [0.1, 0.15) is 21.7 Å². The first-order valence-corrected chi connectivity index (χ1v) is 5.31. The number of carbonyl (C=O) groups is 1. The third-order valence-electron chi connectivity index (χ3n) is 2.77. The van der Waals surface area contributed by atoms with Crippen LogP contribution in [0.4, 0.5) is 5.69 Å². The maximum Gasteiger partial charge on any atom is 0.294 e. The summed E-state index contributed by atoms with van der Waals surface area (Å²) in [6.07, 6.45) is 0.711. The number of aryl methyl sites for hydroxylation is 1. The van der Waals surface area contributed by atoms with Gasteiger partial charge in [0.2, 0.25) is 0 Å². The zero-order chi connectivity index (χ0) is 13.3. The summed E-state index contributed by atoms with van der Waals surface area (Å²) in [7, 11) is 0. The van der Waals surface area contributed by atoms with E-state index in [1.54, 1.807) is 32.0 Å². The minimum absolute atomic E-state index is 0.0412. The quantitative estimate of drug-likeness (QED) is 0.472. The van der Waals surface area contributed by atoms with Crippen molar-refractivity contribution >= 4 is 12.0 Å². The number of hydrogen-bond acceptors (Lipinski definition) is 4. The molecule has 2 aromatic rings. The molecule has 1 aromatic heterocycles. The molecule has 0 atom stereocenters. The van der Waals surface area contributed by atoms with Crippen molar-refractivity contribution in [3.8, 4) is 5.69 Å². The molecule has 0 aliphatic rings. The zero-order valence-electron chi connectivity index (χ0n) is 9.95. The molecule has 0 saturated carbocycles. The monoisotopic (exact) mass is 245 g/mol. The Kier molecular flexibility index (Phi) is 2.93. The number of aldehydes is 1. The second kappa shape index (κ2) is 4.40. The van der Waals surface area contributed by atoms with E-state index in [9.17, 15) is 14.9 Å². The summed E-state index contributed by atoms with van der Waals surface area (Å²) in [5.41, 5.74) is 1.93. The first-order valence-electron chi connectivity index (χ1n) is 5.31. The Bertz CT molecular complexity index is 631. The van der Waals surface area contributed by atoms with Gasteiger partial charge in [-0.05, 0) is 19.9 Å². The molecule has 0 spiro atoms. The summed E-state index contributed by atoms with van der Waals surface area (Å²) in [4.78, 5) is 21.4. The van der Waals surface area contributed by atoms with E-state index in [4.69, 9.17) is 0 Å². The number of rotatable bonds is 3. The molecule has 0 unspecified atom stereocenters. The van der Waals surface area contributed by atoms with E-state index in [0.29, 0.717) is 28.9 Å². The van der Waals surface area contributed by atoms with Gasteiger partial charge in [0.05, 0.1) is 21.9 Å². The van der Waals surface area contributed by atoms with Crippen molar-refractivity contribution in [3.63, 3.8) is 0 Å². The number of nitro benzene ring substituents is 1. The highest BCUT2D eigenvalue weighted by atomic mass is 16.6. The molecular weight excluding hydrogens is 234 g/mol. The minimum atomic E-state index is -0.466. The Morgan fingerprint density at radius 3 is 2.56 bits per heavy atom. The van der Waals surface area contributed by atoms with Crippen molar-refractivity contribution in [3.05, 3.63) is 51.3 Å². The molecule has 0 saturated heterocycles. The van der Waals surface area contributed by atoms with Crippen LogP contribution in [0.3, 0.4) is 0 Å². The summed E-state index contributed by atoms with van der Waals surface area (Å²) in [6.45, 7) is 3.41. The molecule has 0 aliphatic heterocycles. The van der Waals surface area contributed by atoms with E-state index in [1.807, 2.05) is 0 Å². The number of benzene rings is 1. The van der Waals surface area contributed by atoms with E-state index in [2.05, 4.69) is 5.10 Å². The van der Waals surface area contributed by atoms with E-state index in [1.165, 1.54) is 10.7 Å². The van der Waals surface area contributed by atoms with Gasteiger partial charge in [-0.15, -0.1) is 0 Å². The molecule has 0 N–H and O–H groups in total. The van der Waals surface area contributed by atoms with Crippen LogP contribution in [0.2, 0.25) is 0 Å². The summed E-state index contributed by atoms with van der Waals surface area (Å²) in [5.74, 6) is 0. The standard InChI is InChI=1S/C12H11N3O3/c1-8-10(7-16)9(2)14(13-8)11-5-3-4-6-12(11)15(17)18/h3-7H,1-2H3. The Morgan fingerprint density at radius 1 is 1.33 bits per heavy atom. The number of carbonyl (C=O) groups excluding carboxylic acids is 1. The van der Waals surface area contributed by atoms with Crippen LogP contribution in [0.25, 0.3) is 5.69 Å². The SMILES string of the molecule is Cc1nn(-c2ccccc2[N+](=O)[O-])c(C)c1C=O. The normalized spacial score (nSPS) is 10.3. The van der Waals surface area contributed by atoms with Crippen LogP contribution in [0.15, 0.2) is 24.3 Å². The molecule has 6 nitrogen and oxygen atoms in total. The fourth-order valence-electron chi connectivity index (χ4n) is 1.86. The molecule has 92 valence electrons. The van der Waals surface area contributed by atoms with Gasteiger partial charge in [0, 0.05) is 6.07 Å². The Hall–Kier alpha value is -2.50. The molecule has 0 radical (unpaired) electrons. The summed E-state index contributed by atoms with van der Waals surface area (Å²) in [5, 5.41) is 15.1.